The number of nitrogens with zero attached hydrogens (tertiary/aromatic N) is 3. The molecule has 148 valence electrons. The van der Waals surface area contributed by atoms with Crippen LogP contribution in [0.2, 0.25) is 0 Å². The van der Waals surface area contributed by atoms with Crippen LogP contribution in [0.25, 0.3) is 12.2 Å². The molecule has 1 amide bonds. The van der Waals surface area contributed by atoms with Crippen LogP contribution in [0.4, 0.5) is 5.69 Å². The number of hydrogen-bond donors (Lipinski definition) is 1. The lowest BCUT2D eigenvalue weighted by atomic mass is 10.1. The fourth-order valence-corrected chi connectivity index (χ4v) is 3.58. The minimum Gasteiger partial charge on any atom is -0.370 e. The summed E-state index contributed by atoms with van der Waals surface area (Å²) in [7, 11) is 2.02. The Bertz CT molecular complexity index is 786. The number of aryl methyl sites for hydroxylation is 1. The predicted octanol–water partition coefficient (Wildman–Crippen LogP) is 3.43. The zero-order chi connectivity index (χ0) is 19.8. The summed E-state index contributed by atoms with van der Waals surface area (Å²) in [5.41, 5.74) is 3.61. The second-order valence-corrected chi connectivity index (χ2v) is 7.72. The third-order valence-corrected chi connectivity index (χ3v) is 5.44. The summed E-state index contributed by atoms with van der Waals surface area (Å²) in [6.07, 6.45) is 10.9. The smallest absolute Gasteiger partial charge is 0.222 e. The number of hydrogen-bond acceptors (Lipinski definition) is 3. The number of pyridine rings is 1. The van der Waals surface area contributed by atoms with Gasteiger partial charge in [-0.05, 0) is 41.9 Å². The normalized spacial score (nSPS) is 15.1. The Labute approximate surface area is 173 Å². The lowest BCUT2D eigenvalue weighted by Crippen LogP contribution is -2.35. The highest BCUT2D eigenvalue weighted by molar-refractivity contribution is 7.80. The molecule has 5 heteroatoms. The minimum atomic E-state index is 0.269. The first-order chi connectivity index (χ1) is 13.7. The average molecular weight is 397 g/mol. The van der Waals surface area contributed by atoms with E-state index in [1.165, 1.54) is 16.8 Å². The third kappa shape index (κ3) is 5.86. The fourth-order valence-electron chi connectivity index (χ4n) is 3.43. The minimum absolute atomic E-state index is 0.269. The first kappa shape index (κ1) is 20.5. The maximum Gasteiger partial charge on any atom is 0.222 e. The fraction of sp³-hybridized carbons (Fsp3) is 0.391. The number of amides is 1. The first-order valence-electron chi connectivity index (χ1n) is 10.0. The topological polar surface area (TPSA) is 27.4 Å². The molecule has 1 aliphatic heterocycles. The van der Waals surface area contributed by atoms with E-state index in [1.54, 1.807) is 0 Å². The molecule has 1 aromatic heterocycles. The number of carbonyl (C=O) groups excluding carboxylic acids is 1. The molecule has 2 heterocycles. The molecule has 2 aromatic rings. The number of benzene rings is 1. The third-order valence-electron chi connectivity index (χ3n) is 5.13. The quantitative estimate of drug-likeness (QED) is 0.598. The molecule has 0 saturated carbocycles. The van der Waals surface area contributed by atoms with E-state index in [0.29, 0.717) is 6.42 Å². The standard InChI is InChI=1S/C23H29N3OS/c1-24-15-11-21(12-16-24)6-5-20-7-9-22(10-8-20)25-13-3-14-26(18-17-25)23(27)4-2-19-28/h5-12,15-16H,2-4,13-14,17-19H2,1H3/p+1. The highest BCUT2D eigenvalue weighted by atomic mass is 32.1. The van der Waals surface area contributed by atoms with Crippen molar-refractivity contribution in [2.45, 2.75) is 19.3 Å². The zero-order valence-corrected chi connectivity index (χ0v) is 17.5. The summed E-state index contributed by atoms with van der Waals surface area (Å²) >= 11 is 4.21. The van der Waals surface area contributed by atoms with Gasteiger partial charge in [-0.2, -0.15) is 12.6 Å². The van der Waals surface area contributed by atoms with Gasteiger partial charge >= 0.3 is 0 Å². The van der Waals surface area contributed by atoms with Gasteiger partial charge in [-0.1, -0.05) is 24.3 Å². The van der Waals surface area contributed by atoms with Crippen LogP contribution in [0, 0.1) is 0 Å². The van der Waals surface area contributed by atoms with Crippen LogP contribution in [-0.2, 0) is 11.8 Å². The second-order valence-electron chi connectivity index (χ2n) is 7.27. The van der Waals surface area contributed by atoms with E-state index in [9.17, 15) is 4.79 Å². The molecule has 0 unspecified atom stereocenters. The number of anilines is 1. The van der Waals surface area contributed by atoms with Gasteiger partial charge in [-0.3, -0.25) is 4.79 Å². The van der Waals surface area contributed by atoms with Crippen molar-refractivity contribution < 1.29 is 9.36 Å². The second kappa shape index (κ2) is 10.3. The van der Waals surface area contributed by atoms with Crippen molar-refractivity contribution in [3.8, 4) is 0 Å². The predicted molar refractivity (Wildman–Crippen MR) is 119 cm³/mol. The van der Waals surface area contributed by atoms with Gasteiger partial charge in [0.15, 0.2) is 12.4 Å². The molecule has 0 N–H and O–H groups in total. The highest BCUT2D eigenvalue weighted by Gasteiger charge is 2.18. The summed E-state index contributed by atoms with van der Waals surface area (Å²) in [4.78, 5) is 16.7. The van der Waals surface area contributed by atoms with E-state index in [1.807, 2.05) is 16.5 Å². The summed E-state index contributed by atoms with van der Waals surface area (Å²) < 4.78 is 2.03. The van der Waals surface area contributed by atoms with Crippen LogP contribution < -0.4 is 9.47 Å². The van der Waals surface area contributed by atoms with Crippen molar-refractivity contribution in [1.82, 2.24) is 4.90 Å². The van der Waals surface area contributed by atoms with Crippen LogP contribution in [0.15, 0.2) is 48.8 Å². The van der Waals surface area contributed by atoms with Crippen LogP contribution in [0.5, 0.6) is 0 Å². The maximum atomic E-state index is 12.3. The van der Waals surface area contributed by atoms with Crippen molar-refractivity contribution >= 4 is 36.4 Å². The molecule has 28 heavy (non-hydrogen) atoms. The van der Waals surface area contributed by atoms with Gasteiger partial charge in [0.25, 0.3) is 0 Å². The number of aromatic nitrogens is 1. The van der Waals surface area contributed by atoms with Crippen molar-refractivity contribution in [2.75, 3.05) is 36.8 Å². The molecule has 0 radical (unpaired) electrons. The molecule has 3 rings (SSSR count). The van der Waals surface area contributed by atoms with Gasteiger partial charge in [-0.25, -0.2) is 4.57 Å². The summed E-state index contributed by atoms with van der Waals surface area (Å²) in [6.45, 7) is 3.55. The molecular weight excluding hydrogens is 366 g/mol. The van der Waals surface area contributed by atoms with E-state index < -0.39 is 0 Å². The highest BCUT2D eigenvalue weighted by Crippen LogP contribution is 2.19. The van der Waals surface area contributed by atoms with E-state index >= 15 is 0 Å². The van der Waals surface area contributed by atoms with Gasteiger partial charge in [0.05, 0.1) is 0 Å². The molecule has 0 aliphatic carbocycles. The van der Waals surface area contributed by atoms with E-state index in [-0.39, 0.29) is 5.91 Å². The largest absolute Gasteiger partial charge is 0.370 e. The lowest BCUT2D eigenvalue weighted by Gasteiger charge is -2.24. The number of thiol groups is 1. The van der Waals surface area contributed by atoms with Crippen molar-refractivity contribution in [3.05, 3.63) is 59.9 Å². The molecule has 0 spiro atoms. The summed E-state index contributed by atoms with van der Waals surface area (Å²) in [5, 5.41) is 0. The number of carbonyl (C=O) groups is 1. The Hall–Kier alpha value is -2.27. The van der Waals surface area contributed by atoms with Crippen molar-refractivity contribution in [3.63, 3.8) is 0 Å². The summed E-state index contributed by atoms with van der Waals surface area (Å²) in [6, 6.07) is 12.9. The van der Waals surface area contributed by atoms with Crippen molar-refractivity contribution in [1.29, 1.82) is 0 Å². The molecule has 4 nitrogen and oxygen atoms in total. The van der Waals surface area contributed by atoms with E-state index in [2.05, 4.69) is 78.5 Å². The molecule has 1 fully saturated rings. The van der Waals surface area contributed by atoms with Crippen LogP contribution >= 0.6 is 12.6 Å². The number of rotatable bonds is 6. The molecular formula is C23H30N3OS+. The van der Waals surface area contributed by atoms with E-state index in [0.717, 1.165) is 44.8 Å². The van der Waals surface area contributed by atoms with Gasteiger partial charge in [0.1, 0.15) is 7.05 Å². The van der Waals surface area contributed by atoms with Gasteiger partial charge < -0.3 is 9.80 Å². The maximum absolute atomic E-state index is 12.3. The molecule has 1 saturated heterocycles. The molecule has 0 atom stereocenters. The molecule has 1 aromatic carbocycles. The Balaban J connectivity index is 1.57. The van der Waals surface area contributed by atoms with Crippen LogP contribution in [0.1, 0.15) is 30.4 Å². The van der Waals surface area contributed by atoms with Gasteiger partial charge in [0, 0.05) is 50.4 Å². The Morgan fingerprint density at radius 1 is 1.00 bits per heavy atom. The Kier molecular flexibility index (Phi) is 7.54. The SMILES string of the molecule is C[n+]1ccc(/C=C/c2ccc(N3CCCN(C(=O)CCCS)CC3)cc2)cc1. The van der Waals surface area contributed by atoms with E-state index in [4.69, 9.17) is 0 Å². The van der Waals surface area contributed by atoms with Gasteiger partial charge in [0.2, 0.25) is 5.91 Å². The summed E-state index contributed by atoms with van der Waals surface area (Å²) in [5.74, 6) is 1.04. The van der Waals surface area contributed by atoms with Crippen LogP contribution in [0.3, 0.4) is 0 Å². The molecule has 0 bridgehead atoms. The first-order valence-corrected chi connectivity index (χ1v) is 10.7. The van der Waals surface area contributed by atoms with Gasteiger partial charge in [-0.15, -0.1) is 0 Å². The van der Waals surface area contributed by atoms with Crippen LogP contribution in [-0.4, -0.2) is 42.7 Å². The molecule has 1 aliphatic rings. The van der Waals surface area contributed by atoms with Crippen molar-refractivity contribution in [2.24, 2.45) is 7.05 Å². The monoisotopic (exact) mass is 396 g/mol. The zero-order valence-electron chi connectivity index (χ0n) is 16.6. The average Bonchev–Trinajstić information content (AvgIpc) is 2.98. The Morgan fingerprint density at radius 2 is 1.68 bits per heavy atom. The lowest BCUT2D eigenvalue weighted by molar-refractivity contribution is -0.671. The Morgan fingerprint density at radius 3 is 2.36 bits per heavy atom.